The fourth-order valence-electron chi connectivity index (χ4n) is 2.92. The van der Waals surface area contributed by atoms with E-state index in [0.717, 1.165) is 22.9 Å². The summed E-state index contributed by atoms with van der Waals surface area (Å²) >= 11 is 0. The predicted octanol–water partition coefficient (Wildman–Crippen LogP) is 6.16. The molecule has 0 aliphatic carbocycles. The normalized spacial score (nSPS) is 11.3. The fourth-order valence-corrected chi connectivity index (χ4v) is 2.92. The van der Waals surface area contributed by atoms with Gasteiger partial charge in [-0.05, 0) is 59.3 Å². The maximum absolute atomic E-state index is 12.3. The second-order valence-electron chi connectivity index (χ2n) is 6.59. The zero-order valence-electron chi connectivity index (χ0n) is 16.0. The third kappa shape index (κ3) is 5.36. The van der Waals surface area contributed by atoms with Gasteiger partial charge in [-0.15, -0.1) is 13.2 Å². The highest BCUT2D eigenvalue weighted by molar-refractivity contribution is 6.02. The Balaban J connectivity index is 1.34. The molecule has 0 unspecified atom stereocenters. The number of halogens is 3. The van der Waals surface area contributed by atoms with Crippen LogP contribution >= 0.6 is 0 Å². The van der Waals surface area contributed by atoms with Crippen molar-refractivity contribution < 1.29 is 31.9 Å². The summed E-state index contributed by atoms with van der Waals surface area (Å²) in [6.45, 7) is 0.134. The van der Waals surface area contributed by atoms with Gasteiger partial charge in [0.05, 0.1) is 0 Å². The van der Waals surface area contributed by atoms with Crippen molar-refractivity contribution in [1.29, 1.82) is 0 Å². The number of rotatable bonds is 6. The van der Waals surface area contributed by atoms with Crippen LogP contribution in [0.25, 0.3) is 10.8 Å². The minimum absolute atomic E-state index is 0.0488. The Kier molecular flexibility index (Phi) is 5.53. The lowest BCUT2D eigenvalue weighted by molar-refractivity contribution is -0.274. The third-order valence-corrected chi connectivity index (χ3v) is 4.33. The van der Waals surface area contributed by atoms with Crippen LogP contribution in [0.15, 0.2) is 83.3 Å². The summed E-state index contributed by atoms with van der Waals surface area (Å²) in [5.74, 6) is 0.250. The Morgan fingerprint density at radius 1 is 0.871 bits per heavy atom. The number of amides is 1. The molecule has 8 heteroatoms. The Hall–Kier alpha value is -3.94. The number of ether oxygens (including phenoxy) is 2. The number of benzene rings is 3. The van der Waals surface area contributed by atoms with Crippen LogP contribution in [-0.2, 0) is 6.61 Å². The Morgan fingerprint density at radius 3 is 2.32 bits per heavy atom. The van der Waals surface area contributed by atoms with Gasteiger partial charge in [0, 0.05) is 5.69 Å². The number of hydrogen-bond donors (Lipinski definition) is 1. The zero-order chi connectivity index (χ0) is 21.8. The summed E-state index contributed by atoms with van der Waals surface area (Å²) in [7, 11) is 0. The van der Waals surface area contributed by atoms with Gasteiger partial charge in [0.2, 0.25) is 0 Å². The zero-order valence-corrected chi connectivity index (χ0v) is 16.0. The van der Waals surface area contributed by atoms with Gasteiger partial charge >= 0.3 is 6.36 Å². The lowest BCUT2D eigenvalue weighted by Gasteiger charge is -2.09. The first-order valence-electron chi connectivity index (χ1n) is 9.23. The molecule has 0 saturated heterocycles. The molecule has 0 aliphatic rings. The van der Waals surface area contributed by atoms with E-state index in [-0.39, 0.29) is 18.1 Å². The highest BCUT2D eigenvalue weighted by Gasteiger charge is 2.31. The molecule has 1 amide bonds. The molecule has 0 fully saturated rings. The van der Waals surface area contributed by atoms with E-state index in [4.69, 9.17) is 9.15 Å². The summed E-state index contributed by atoms with van der Waals surface area (Å²) in [5.41, 5.74) is 0.296. The number of hydrogen-bond acceptors (Lipinski definition) is 4. The summed E-state index contributed by atoms with van der Waals surface area (Å²) in [5, 5.41) is 4.69. The van der Waals surface area contributed by atoms with Gasteiger partial charge < -0.3 is 19.2 Å². The van der Waals surface area contributed by atoms with Gasteiger partial charge in [-0.1, -0.05) is 30.3 Å². The predicted molar refractivity (Wildman–Crippen MR) is 108 cm³/mol. The molecule has 1 N–H and O–H groups in total. The van der Waals surface area contributed by atoms with Crippen molar-refractivity contribution in [2.75, 3.05) is 5.32 Å². The van der Waals surface area contributed by atoms with Crippen LogP contribution in [0.3, 0.4) is 0 Å². The highest BCUT2D eigenvalue weighted by atomic mass is 19.4. The quantitative estimate of drug-likeness (QED) is 0.400. The van der Waals surface area contributed by atoms with E-state index in [1.165, 1.54) is 18.2 Å². The molecule has 0 bridgehead atoms. The van der Waals surface area contributed by atoms with Crippen LogP contribution in [0.2, 0.25) is 0 Å². The van der Waals surface area contributed by atoms with Gasteiger partial charge in [-0.2, -0.15) is 0 Å². The molecular weight excluding hydrogens is 411 g/mol. The SMILES string of the molecule is O=C(Nc1ccc(OC(F)(F)F)cc1)c1ccc(COc2ccc3ccccc3c2)o1. The summed E-state index contributed by atoms with van der Waals surface area (Å²) in [6, 6.07) is 21.5. The molecule has 31 heavy (non-hydrogen) atoms. The van der Waals surface area contributed by atoms with E-state index in [9.17, 15) is 18.0 Å². The highest BCUT2D eigenvalue weighted by Crippen LogP contribution is 2.25. The van der Waals surface area contributed by atoms with Crippen LogP contribution in [0.5, 0.6) is 11.5 Å². The number of anilines is 1. The van der Waals surface area contributed by atoms with Gasteiger partial charge in [-0.25, -0.2) is 0 Å². The number of alkyl halides is 3. The standard InChI is InChI=1S/C23H16F3NO4/c24-23(25,26)31-18-9-6-17(7-10-18)27-22(28)21-12-11-20(30-21)14-29-19-8-5-15-3-1-2-4-16(15)13-19/h1-13H,14H2,(H,27,28). The monoisotopic (exact) mass is 427 g/mol. The first-order valence-corrected chi connectivity index (χ1v) is 9.23. The summed E-state index contributed by atoms with van der Waals surface area (Å²) in [4.78, 5) is 12.3. The van der Waals surface area contributed by atoms with E-state index in [1.54, 1.807) is 6.07 Å². The van der Waals surface area contributed by atoms with Gasteiger partial charge in [0.1, 0.15) is 23.9 Å². The molecule has 3 aromatic carbocycles. The van der Waals surface area contributed by atoms with E-state index in [1.807, 2.05) is 42.5 Å². The molecule has 0 atom stereocenters. The molecule has 4 aromatic rings. The molecule has 4 rings (SSSR count). The lowest BCUT2D eigenvalue weighted by atomic mass is 10.1. The molecule has 0 spiro atoms. The van der Waals surface area contributed by atoms with E-state index >= 15 is 0 Å². The molecule has 0 aliphatic heterocycles. The van der Waals surface area contributed by atoms with Crippen molar-refractivity contribution in [2.45, 2.75) is 13.0 Å². The van der Waals surface area contributed by atoms with E-state index < -0.39 is 12.3 Å². The van der Waals surface area contributed by atoms with Crippen LogP contribution in [-0.4, -0.2) is 12.3 Å². The lowest BCUT2D eigenvalue weighted by Crippen LogP contribution is -2.17. The Labute approximate surface area is 175 Å². The van der Waals surface area contributed by atoms with Gasteiger partial charge in [0.25, 0.3) is 5.91 Å². The number of nitrogens with one attached hydrogen (secondary N) is 1. The molecule has 5 nitrogen and oxygen atoms in total. The summed E-state index contributed by atoms with van der Waals surface area (Å²) < 4.78 is 51.6. The Morgan fingerprint density at radius 2 is 1.58 bits per heavy atom. The maximum atomic E-state index is 12.3. The first-order chi connectivity index (χ1) is 14.9. The van der Waals surface area contributed by atoms with Crippen molar-refractivity contribution >= 4 is 22.4 Å². The van der Waals surface area contributed by atoms with Crippen molar-refractivity contribution in [3.63, 3.8) is 0 Å². The second-order valence-corrected chi connectivity index (χ2v) is 6.59. The van der Waals surface area contributed by atoms with E-state index in [2.05, 4.69) is 10.1 Å². The van der Waals surface area contributed by atoms with Crippen molar-refractivity contribution in [3.05, 3.63) is 90.4 Å². The van der Waals surface area contributed by atoms with Crippen molar-refractivity contribution in [2.24, 2.45) is 0 Å². The van der Waals surface area contributed by atoms with Crippen molar-refractivity contribution in [1.82, 2.24) is 0 Å². The number of carbonyl (C=O) groups is 1. The van der Waals surface area contributed by atoms with Crippen molar-refractivity contribution in [3.8, 4) is 11.5 Å². The second kappa shape index (κ2) is 8.43. The molecule has 1 aromatic heterocycles. The summed E-state index contributed by atoms with van der Waals surface area (Å²) in [6.07, 6.45) is -4.77. The molecular formula is C23H16F3NO4. The Bertz CT molecular complexity index is 1200. The minimum Gasteiger partial charge on any atom is -0.486 e. The van der Waals surface area contributed by atoms with Crippen LogP contribution in [0, 0.1) is 0 Å². The third-order valence-electron chi connectivity index (χ3n) is 4.33. The number of furan rings is 1. The largest absolute Gasteiger partial charge is 0.573 e. The van der Waals surface area contributed by atoms with Crippen LogP contribution in [0.1, 0.15) is 16.3 Å². The fraction of sp³-hybridized carbons (Fsp3) is 0.0870. The van der Waals surface area contributed by atoms with Crippen LogP contribution in [0.4, 0.5) is 18.9 Å². The molecule has 1 heterocycles. The number of fused-ring (bicyclic) bond motifs is 1. The number of carbonyl (C=O) groups excluding carboxylic acids is 1. The maximum Gasteiger partial charge on any atom is 0.573 e. The molecule has 0 saturated carbocycles. The van der Waals surface area contributed by atoms with Gasteiger partial charge in [0.15, 0.2) is 5.76 Å². The van der Waals surface area contributed by atoms with Crippen LogP contribution < -0.4 is 14.8 Å². The minimum atomic E-state index is -4.77. The van der Waals surface area contributed by atoms with E-state index in [0.29, 0.717) is 17.2 Å². The first kappa shape index (κ1) is 20.3. The van der Waals surface area contributed by atoms with Gasteiger partial charge in [-0.3, -0.25) is 4.79 Å². The average molecular weight is 427 g/mol. The molecule has 0 radical (unpaired) electrons. The topological polar surface area (TPSA) is 60.7 Å². The molecule has 158 valence electrons. The smallest absolute Gasteiger partial charge is 0.486 e. The average Bonchev–Trinajstić information content (AvgIpc) is 3.22.